The number of carbonyl (C=O) groups excluding carboxylic acids is 2. The quantitative estimate of drug-likeness (QED) is 0.806. The lowest BCUT2D eigenvalue weighted by Crippen LogP contribution is -2.33. The fourth-order valence-electron chi connectivity index (χ4n) is 1.98. The van der Waals surface area contributed by atoms with Gasteiger partial charge in [0.25, 0.3) is 0 Å². The van der Waals surface area contributed by atoms with Gasteiger partial charge in [0.05, 0.1) is 6.67 Å². The SMILES string of the molecule is O=C1CCC(=O)N1CNc1ccc2c(c1)OCO2. The number of hydrogen-bond donors (Lipinski definition) is 1. The topological polar surface area (TPSA) is 67.9 Å². The third-order valence-corrected chi connectivity index (χ3v) is 2.97. The molecule has 6 nitrogen and oxygen atoms in total. The van der Waals surface area contributed by atoms with Gasteiger partial charge in [0, 0.05) is 24.6 Å². The molecular formula is C12H12N2O4. The Hall–Kier alpha value is -2.24. The van der Waals surface area contributed by atoms with Crippen molar-refractivity contribution < 1.29 is 19.1 Å². The van der Waals surface area contributed by atoms with E-state index in [1.54, 1.807) is 12.1 Å². The van der Waals surface area contributed by atoms with E-state index in [0.717, 1.165) is 5.69 Å². The molecule has 0 atom stereocenters. The van der Waals surface area contributed by atoms with Gasteiger partial charge in [-0.05, 0) is 12.1 Å². The van der Waals surface area contributed by atoms with Gasteiger partial charge < -0.3 is 14.8 Å². The molecule has 0 unspecified atom stereocenters. The second-order valence-corrected chi connectivity index (χ2v) is 4.12. The van der Waals surface area contributed by atoms with Crippen molar-refractivity contribution in [2.75, 3.05) is 18.8 Å². The number of hydrogen-bond acceptors (Lipinski definition) is 5. The van der Waals surface area contributed by atoms with Crippen LogP contribution in [0.4, 0.5) is 5.69 Å². The highest BCUT2D eigenvalue weighted by Crippen LogP contribution is 2.34. The number of benzene rings is 1. The Labute approximate surface area is 103 Å². The first-order valence-corrected chi connectivity index (χ1v) is 5.71. The van der Waals surface area contributed by atoms with E-state index in [1.165, 1.54) is 4.90 Å². The predicted octanol–water partition coefficient (Wildman–Crippen LogP) is 0.934. The first-order chi connectivity index (χ1) is 8.74. The van der Waals surface area contributed by atoms with Crippen molar-refractivity contribution in [2.45, 2.75) is 12.8 Å². The van der Waals surface area contributed by atoms with Crippen LogP contribution in [0.1, 0.15) is 12.8 Å². The van der Waals surface area contributed by atoms with E-state index in [9.17, 15) is 9.59 Å². The lowest BCUT2D eigenvalue weighted by Gasteiger charge is -2.15. The van der Waals surface area contributed by atoms with Gasteiger partial charge in [-0.2, -0.15) is 0 Å². The predicted molar refractivity (Wildman–Crippen MR) is 62.1 cm³/mol. The molecule has 2 aliphatic rings. The average molecular weight is 248 g/mol. The summed E-state index contributed by atoms with van der Waals surface area (Å²) in [6.45, 7) is 0.416. The summed E-state index contributed by atoms with van der Waals surface area (Å²) in [4.78, 5) is 24.1. The lowest BCUT2D eigenvalue weighted by molar-refractivity contribution is -0.137. The smallest absolute Gasteiger partial charge is 0.231 e. The van der Waals surface area contributed by atoms with E-state index in [0.29, 0.717) is 24.3 Å². The molecule has 0 spiro atoms. The van der Waals surface area contributed by atoms with Crippen molar-refractivity contribution in [1.29, 1.82) is 0 Å². The summed E-state index contributed by atoms with van der Waals surface area (Å²) in [5, 5.41) is 3.03. The fraction of sp³-hybridized carbons (Fsp3) is 0.333. The molecule has 0 bridgehead atoms. The van der Waals surface area contributed by atoms with Crippen LogP contribution in [0.2, 0.25) is 0 Å². The van der Waals surface area contributed by atoms with E-state index >= 15 is 0 Å². The number of ether oxygens (including phenoxy) is 2. The molecule has 1 aromatic carbocycles. The van der Waals surface area contributed by atoms with Crippen LogP contribution >= 0.6 is 0 Å². The first-order valence-electron chi connectivity index (χ1n) is 5.71. The molecule has 0 saturated carbocycles. The Balaban J connectivity index is 1.66. The maximum atomic E-state index is 11.4. The largest absolute Gasteiger partial charge is 0.454 e. The number of rotatable bonds is 3. The zero-order chi connectivity index (χ0) is 12.5. The zero-order valence-electron chi connectivity index (χ0n) is 9.64. The molecule has 0 aliphatic carbocycles. The molecule has 2 aliphatic heterocycles. The summed E-state index contributed by atoms with van der Waals surface area (Å²) in [5.74, 6) is 1.11. The molecular weight excluding hydrogens is 236 g/mol. The maximum Gasteiger partial charge on any atom is 0.231 e. The van der Waals surface area contributed by atoms with Crippen LogP contribution < -0.4 is 14.8 Å². The highest BCUT2D eigenvalue weighted by molar-refractivity contribution is 6.02. The van der Waals surface area contributed by atoms with Crippen LogP contribution in [0.25, 0.3) is 0 Å². The van der Waals surface area contributed by atoms with Crippen LogP contribution in [0.5, 0.6) is 11.5 Å². The number of anilines is 1. The fourth-order valence-corrected chi connectivity index (χ4v) is 1.98. The summed E-state index contributed by atoms with van der Waals surface area (Å²) in [6.07, 6.45) is 0.614. The van der Waals surface area contributed by atoms with Crippen molar-refractivity contribution >= 4 is 17.5 Å². The number of imide groups is 1. The van der Waals surface area contributed by atoms with Gasteiger partial charge in [0.15, 0.2) is 11.5 Å². The minimum Gasteiger partial charge on any atom is -0.454 e. The Kier molecular flexibility index (Phi) is 2.55. The van der Waals surface area contributed by atoms with Gasteiger partial charge in [0.1, 0.15) is 0 Å². The molecule has 1 fully saturated rings. The van der Waals surface area contributed by atoms with E-state index in [4.69, 9.17) is 9.47 Å². The van der Waals surface area contributed by atoms with E-state index < -0.39 is 0 Å². The molecule has 1 aromatic rings. The minimum absolute atomic E-state index is 0.131. The van der Waals surface area contributed by atoms with E-state index in [-0.39, 0.29) is 25.3 Å². The number of amides is 2. The van der Waals surface area contributed by atoms with Gasteiger partial charge in [-0.15, -0.1) is 0 Å². The molecule has 0 radical (unpaired) electrons. The number of carbonyl (C=O) groups is 2. The second-order valence-electron chi connectivity index (χ2n) is 4.12. The van der Waals surface area contributed by atoms with Crippen molar-refractivity contribution in [3.8, 4) is 11.5 Å². The van der Waals surface area contributed by atoms with Gasteiger partial charge >= 0.3 is 0 Å². The van der Waals surface area contributed by atoms with Crippen molar-refractivity contribution in [2.24, 2.45) is 0 Å². The standard InChI is InChI=1S/C12H12N2O4/c15-11-3-4-12(16)14(11)6-13-8-1-2-9-10(5-8)18-7-17-9/h1-2,5,13H,3-4,6-7H2. The van der Waals surface area contributed by atoms with Crippen LogP contribution in [-0.4, -0.2) is 30.2 Å². The van der Waals surface area contributed by atoms with Crippen molar-refractivity contribution in [3.63, 3.8) is 0 Å². The Morgan fingerprint density at radius 2 is 1.83 bits per heavy atom. The Morgan fingerprint density at radius 1 is 1.11 bits per heavy atom. The summed E-state index contributed by atoms with van der Waals surface area (Å²) in [5.41, 5.74) is 0.784. The summed E-state index contributed by atoms with van der Waals surface area (Å²) >= 11 is 0. The molecule has 1 saturated heterocycles. The average Bonchev–Trinajstić information content (AvgIpc) is 2.94. The van der Waals surface area contributed by atoms with E-state index in [2.05, 4.69) is 5.32 Å². The first kappa shape index (κ1) is 10.9. The molecule has 18 heavy (non-hydrogen) atoms. The number of nitrogens with zero attached hydrogens (tertiary/aromatic N) is 1. The summed E-state index contributed by atoms with van der Waals surface area (Å²) in [7, 11) is 0. The molecule has 94 valence electrons. The lowest BCUT2D eigenvalue weighted by atomic mass is 10.3. The molecule has 3 rings (SSSR count). The van der Waals surface area contributed by atoms with Gasteiger partial charge in [-0.25, -0.2) is 0 Å². The van der Waals surface area contributed by atoms with Gasteiger partial charge in [-0.1, -0.05) is 0 Å². The zero-order valence-corrected chi connectivity index (χ0v) is 9.64. The molecule has 2 amide bonds. The summed E-state index contributed by atoms with van der Waals surface area (Å²) < 4.78 is 10.4. The number of fused-ring (bicyclic) bond motifs is 1. The Morgan fingerprint density at radius 3 is 2.61 bits per heavy atom. The minimum atomic E-state index is -0.131. The number of likely N-dealkylation sites (tertiary alicyclic amines) is 1. The summed E-state index contributed by atoms with van der Waals surface area (Å²) in [6, 6.07) is 5.39. The molecule has 0 aromatic heterocycles. The van der Waals surface area contributed by atoms with Gasteiger partial charge in [-0.3, -0.25) is 14.5 Å². The van der Waals surface area contributed by atoms with Crippen LogP contribution in [0.15, 0.2) is 18.2 Å². The normalized spacial score (nSPS) is 17.4. The monoisotopic (exact) mass is 248 g/mol. The molecule has 6 heteroatoms. The molecule has 2 heterocycles. The molecule has 1 N–H and O–H groups in total. The Bertz CT molecular complexity index is 499. The number of nitrogens with one attached hydrogen (secondary N) is 1. The van der Waals surface area contributed by atoms with Gasteiger partial charge in [0.2, 0.25) is 18.6 Å². The third-order valence-electron chi connectivity index (χ3n) is 2.97. The van der Waals surface area contributed by atoms with Crippen LogP contribution in [0.3, 0.4) is 0 Å². The van der Waals surface area contributed by atoms with Crippen LogP contribution in [-0.2, 0) is 9.59 Å². The highest BCUT2D eigenvalue weighted by atomic mass is 16.7. The van der Waals surface area contributed by atoms with Crippen LogP contribution in [0, 0.1) is 0 Å². The van der Waals surface area contributed by atoms with Crippen molar-refractivity contribution in [1.82, 2.24) is 4.90 Å². The second kappa shape index (κ2) is 4.21. The highest BCUT2D eigenvalue weighted by Gasteiger charge is 2.28. The third kappa shape index (κ3) is 1.85. The van der Waals surface area contributed by atoms with E-state index in [1.807, 2.05) is 6.07 Å². The van der Waals surface area contributed by atoms with Crippen molar-refractivity contribution in [3.05, 3.63) is 18.2 Å². The maximum absolute atomic E-state index is 11.4.